The van der Waals surface area contributed by atoms with Crippen molar-refractivity contribution in [3.8, 4) is 0 Å². The van der Waals surface area contributed by atoms with E-state index in [0.717, 1.165) is 11.3 Å². The van der Waals surface area contributed by atoms with E-state index in [9.17, 15) is 9.90 Å². The number of carbonyl (C=O) groups is 1. The SMILES string of the molecule is C/C=N\C(=C/C)c1cc(C(=O)O)n2ccnc2c1. The molecule has 0 aliphatic heterocycles. The first-order valence-electron chi connectivity index (χ1n) is 5.53. The number of aromatic nitrogens is 2. The van der Waals surface area contributed by atoms with Gasteiger partial charge in [0.2, 0.25) is 0 Å². The molecule has 0 aliphatic rings. The fraction of sp³-hybridized carbons (Fsp3) is 0.154. The Morgan fingerprint density at radius 2 is 2.22 bits per heavy atom. The first-order chi connectivity index (χ1) is 8.67. The maximum atomic E-state index is 11.2. The third-order valence-electron chi connectivity index (χ3n) is 2.56. The molecule has 0 spiro atoms. The number of aliphatic imine (C=N–C) groups is 1. The summed E-state index contributed by atoms with van der Waals surface area (Å²) in [6.45, 7) is 3.67. The first-order valence-corrected chi connectivity index (χ1v) is 5.53. The maximum Gasteiger partial charge on any atom is 0.352 e. The molecule has 5 heteroatoms. The molecule has 2 aromatic heterocycles. The molecular formula is C13H13N3O2. The predicted octanol–water partition coefficient (Wildman–Crippen LogP) is 2.48. The third-order valence-corrected chi connectivity index (χ3v) is 2.56. The normalized spacial score (nSPS) is 12.4. The minimum atomic E-state index is -0.990. The van der Waals surface area contributed by atoms with Crippen LogP contribution in [0.5, 0.6) is 0 Å². The number of carboxylic acid groups (broad SMARTS) is 1. The zero-order chi connectivity index (χ0) is 13.1. The van der Waals surface area contributed by atoms with Crippen LogP contribution in [0.2, 0.25) is 0 Å². The van der Waals surface area contributed by atoms with Crippen LogP contribution in [-0.2, 0) is 0 Å². The summed E-state index contributed by atoms with van der Waals surface area (Å²) in [5.74, 6) is -0.990. The lowest BCUT2D eigenvalue weighted by molar-refractivity contribution is 0.0689. The number of hydrogen-bond donors (Lipinski definition) is 1. The van der Waals surface area contributed by atoms with Gasteiger partial charge in [-0.3, -0.25) is 9.39 Å². The van der Waals surface area contributed by atoms with Crippen LogP contribution >= 0.6 is 0 Å². The van der Waals surface area contributed by atoms with Crippen molar-refractivity contribution >= 4 is 23.5 Å². The molecule has 0 bridgehead atoms. The van der Waals surface area contributed by atoms with E-state index in [1.807, 2.05) is 26.0 Å². The molecule has 0 aromatic carbocycles. The fourth-order valence-corrected chi connectivity index (χ4v) is 1.79. The highest BCUT2D eigenvalue weighted by Crippen LogP contribution is 2.19. The molecule has 0 amide bonds. The van der Waals surface area contributed by atoms with E-state index in [0.29, 0.717) is 5.65 Å². The van der Waals surface area contributed by atoms with Crippen LogP contribution in [0.25, 0.3) is 11.3 Å². The second-order valence-electron chi connectivity index (χ2n) is 3.65. The first kappa shape index (κ1) is 12.0. The van der Waals surface area contributed by atoms with E-state index >= 15 is 0 Å². The summed E-state index contributed by atoms with van der Waals surface area (Å²) in [7, 11) is 0. The second-order valence-corrected chi connectivity index (χ2v) is 3.65. The van der Waals surface area contributed by atoms with Gasteiger partial charge in [-0.05, 0) is 26.0 Å². The number of carboxylic acids is 1. The number of aromatic carboxylic acids is 1. The van der Waals surface area contributed by atoms with Crippen molar-refractivity contribution < 1.29 is 9.90 Å². The van der Waals surface area contributed by atoms with Gasteiger partial charge >= 0.3 is 5.97 Å². The van der Waals surface area contributed by atoms with E-state index in [1.54, 1.807) is 24.7 Å². The molecule has 5 nitrogen and oxygen atoms in total. The van der Waals surface area contributed by atoms with Crippen LogP contribution in [0.4, 0.5) is 0 Å². The molecule has 2 heterocycles. The van der Waals surface area contributed by atoms with Gasteiger partial charge in [0.15, 0.2) is 0 Å². The summed E-state index contributed by atoms with van der Waals surface area (Å²) in [4.78, 5) is 19.6. The molecule has 0 saturated carbocycles. The van der Waals surface area contributed by atoms with Crippen molar-refractivity contribution in [3.05, 3.63) is 41.9 Å². The van der Waals surface area contributed by atoms with Crippen LogP contribution in [0, 0.1) is 0 Å². The molecule has 1 N–H and O–H groups in total. The summed E-state index contributed by atoms with van der Waals surface area (Å²) in [5, 5.41) is 9.20. The number of rotatable bonds is 3. The van der Waals surface area contributed by atoms with E-state index in [1.165, 1.54) is 4.40 Å². The predicted molar refractivity (Wildman–Crippen MR) is 70.0 cm³/mol. The van der Waals surface area contributed by atoms with Crippen LogP contribution in [-0.4, -0.2) is 26.7 Å². The van der Waals surface area contributed by atoms with Gasteiger partial charge in [-0.25, -0.2) is 9.78 Å². The summed E-state index contributed by atoms with van der Waals surface area (Å²) in [6, 6.07) is 3.41. The van der Waals surface area contributed by atoms with Gasteiger partial charge in [0, 0.05) is 24.2 Å². The van der Waals surface area contributed by atoms with Crippen LogP contribution in [0.1, 0.15) is 29.9 Å². The van der Waals surface area contributed by atoms with Crippen molar-refractivity contribution in [3.63, 3.8) is 0 Å². The van der Waals surface area contributed by atoms with E-state index in [-0.39, 0.29) is 5.69 Å². The number of pyridine rings is 1. The Morgan fingerprint density at radius 3 is 2.83 bits per heavy atom. The Labute approximate surface area is 104 Å². The molecule has 0 fully saturated rings. The molecule has 0 atom stereocenters. The topological polar surface area (TPSA) is 67.0 Å². The molecule has 0 aliphatic carbocycles. The summed E-state index contributed by atoms with van der Waals surface area (Å²) >= 11 is 0. The maximum absolute atomic E-state index is 11.2. The van der Waals surface area contributed by atoms with E-state index in [4.69, 9.17) is 0 Å². The number of hydrogen-bond acceptors (Lipinski definition) is 3. The smallest absolute Gasteiger partial charge is 0.352 e. The van der Waals surface area contributed by atoms with Gasteiger partial charge in [-0.2, -0.15) is 0 Å². The van der Waals surface area contributed by atoms with Crippen LogP contribution in [0.3, 0.4) is 0 Å². The molecule has 2 aromatic rings. The lowest BCUT2D eigenvalue weighted by atomic mass is 10.1. The Balaban J connectivity index is 2.70. The highest BCUT2D eigenvalue weighted by molar-refractivity contribution is 5.88. The number of fused-ring (bicyclic) bond motifs is 1. The van der Waals surface area contributed by atoms with Crippen molar-refractivity contribution in [2.24, 2.45) is 4.99 Å². The quantitative estimate of drug-likeness (QED) is 0.842. The van der Waals surface area contributed by atoms with Gasteiger partial charge in [0.05, 0.1) is 5.70 Å². The van der Waals surface area contributed by atoms with Crippen molar-refractivity contribution in [1.82, 2.24) is 9.38 Å². The number of allylic oxidation sites excluding steroid dienone is 1. The molecule has 92 valence electrons. The van der Waals surface area contributed by atoms with Crippen molar-refractivity contribution in [1.29, 1.82) is 0 Å². The molecule has 0 radical (unpaired) electrons. The van der Waals surface area contributed by atoms with Gasteiger partial charge < -0.3 is 5.11 Å². The zero-order valence-electron chi connectivity index (χ0n) is 10.2. The molecule has 0 saturated heterocycles. The van der Waals surface area contributed by atoms with E-state index in [2.05, 4.69) is 9.98 Å². The monoisotopic (exact) mass is 243 g/mol. The summed E-state index contributed by atoms with van der Waals surface area (Å²) in [5.41, 5.74) is 2.23. The molecule has 0 unspecified atom stereocenters. The van der Waals surface area contributed by atoms with E-state index < -0.39 is 5.97 Å². The summed E-state index contributed by atoms with van der Waals surface area (Å²) < 4.78 is 1.54. The highest BCUT2D eigenvalue weighted by Gasteiger charge is 2.12. The largest absolute Gasteiger partial charge is 0.477 e. The molecule has 2 rings (SSSR count). The Bertz CT molecular complexity index is 653. The lowest BCUT2D eigenvalue weighted by Crippen LogP contribution is -2.05. The summed E-state index contributed by atoms with van der Waals surface area (Å²) in [6.07, 6.45) is 6.71. The highest BCUT2D eigenvalue weighted by atomic mass is 16.4. The number of nitrogens with zero attached hydrogens (tertiary/aromatic N) is 3. The minimum absolute atomic E-state index is 0.172. The van der Waals surface area contributed by atoms with Crippen LogP contribution in [0.15, 0.2) is 35.6 Å². The molecular weight excluding hydrogens is 230 g/mol. The minimum Gasteiger partial charge on any atom is -0.477 e. The van der Waals surface area contributed by atoms with Crippen molar-refractivity contribution in [2.75, 3.05) is 0 Å². The zero-order valence-corrected chi connectivity index (χ0v) is 10.2. The average molecular weight is 243 g/mol. The number of imidazole rings is 1. The van der Waals surface area contributed by atoms with Gasteiger partial charge in [0.1, 0.15) is 11.3 Å². The second kappa shape index (κ2) is 4.83. The van der Waals surface area contributed by atoms with Gasteiger partial charge in [-0.1, -0.05) is 6.08 Å². The van der Waals surface area contributed by atoms with Gasteiger partial charge in [0.25, 0.3) is 0 Å². The third kappa shape index (κ3) is 2.02. The Kier molecular flexibility index (Phi) is 3.23. The fourth-order valence-electron chi connectivity index (χ4n) is 1.79. The average Bonchev–Trinajstić information content (AvgIpc) is 2.82. The van der Waals surface area contributed by atoms with Crippen molar-refractivity contribution in [2.45, 2.75) is 13.8 Å². The van der Waals surface area contributed by atoms with Crippen LogP contribution < -0.4 is 0 Å². The Hall–Kier alpha value is -2.43. The van der Waals surface area contributed by atoms with Gasteiger partial charge in [-0.15, -0.1) is 0 Å². The standard InChI is InChI=1S/C13H13N3O2/c1-3-10(14-4-2)9-7-11(13(17)18)16-6-5-15-12(16)8-9/h3-8H,1-2H3,(H,17,18)/b10-3-,14-4-. The molecule has 18 heavy (non-hydrogen) atoms. The Morgan fingerprint density at radius 1 is 1.44 bits per heavy atom. The lowest BCUT2D eigenvalue weighted by Gasteiger charge is -2.06.